The maximum Gasteiger partial charge on any atom is 0.341 e. The van der Waals surface area contributed by atoms with Crippen LogP contribution in [-0.2, 0) is 22.4 Å². The van der Waals surface area contributed by atoms with E-state index < -0.39 is 5.97 Å². The highest BCUT2D eigenvalue weighted by molar-refractivity contribution is 8.00. The van der Waals surface area contributed by atoms with Crippen LogP contribution in [0.5, 0.6) is 0 Å². The number of nitrogens with one attached hydrogen (secondary N) is 1. The molecule has 0 fully saturated rings. The number of ether oxygens (including phenoxy) is 1. The number of thioether (sulfide) groups is 1. The summed E-state index contributed by atoms with van der Waals surface area (Å²) in [6.07, 6.45) is 4.51. The van der Waals surface area contributed by atoms with Crippen molar-refractivity contribution in [2.75, 3.05) is 17.7 Å². The van der Waals surface area contributed by atoms with Gasteiger partial charge < -0.3 is 14.5 Å². The van der Waals surface area contributed by atoms with Gasteiger partial charge in [-0.25, -0.2) is 14.8 Å². The second kappa shape index (κ2) is 10.1. The van der Waals surface area contributed by atoms with E-state index in [0.717, 1.165) is 33.8 Å². The second-order valence-electron chi connectivity index (χ2n) is 8.29. The van der Waals surface area contributed by atoms with E-state index in [9.17, 15) is 9.59 Å². The Balaban J connectivity index is 1.38. The minimum Gasteiger partial charge on any atom is -0.462 e. The minimum absolute atomic E-state index is 0.172. The standard InChI is InChI=1S/C25H25N3O4S3/c1-4-31-25(30)21-16(17-10-9-13(2)32-17)11-33-23(21)28-19(29)12-34-22-20-15-7-5-6-8-18(15)35-24(20)27-14(3)26-22/h9-11H,4-8,12H2,1-3H3,(H,28,29). The Kier molecular flexibility index (Phi) is 6.95. The van der Waals surface area contributed by atoms with Crippen molar-refractivity contribution in [3.8, 4) is 11.3 Å². The van der Waals surface area contributed by atoms with Gasteiger partial charge in [-0.3, -0.25) is 4.79 Å². The van der Waals surface area contributed by atoms with Crippen LogP contribution in [-0.4, -0.2) is 34.2 Å². The molecule has 7 nitrogen and oxygen atoms in total. The normalized spacial score (nSPS) is 13.1. The molecule has 0 aliphatic heterocycles. The molecule has 35 heavy (non-hydrogen) atoms. The van der Waals surface area contributed by atoms with Crippen LogP contribution >= 0.6 is 34.4 Å². The smallest absolute Gasteiger partial charge is 0.341 e. The summed E-state index contributed by atoms with van der Waals surface area (Å²) in [5, 5.41) is 7.13. The molecule has 182 valence electrons. The molecule has 0 bridgehead atoms. The first-order chi connectivity index (χ1) is 16.9. The number of carbonyl (C=O) groups excluding carboxylic acids is 2. The number of anilines is 1. The average Bonchev–Trinajstić information content (AvgIpc) is 3.53. The zero-order chi connectivity index (χ0) is 24.5. The van der Waals surface area contributed by atoms with Gasteiger partial charge >= 0.3 is 5.97 Å². The zero-order valence-electron chi connectivity index (χ0n) is 19.7. The number of aromatic nitrogens is 2. The molecule has 1 aliphatic rings. The number of fused-ring (bicyclic) bond motifs is 3. The summed E-state index contributed by atoms with van der Waals surface area (Å²) in [6.45, 7) is 5.72. The predicted molar refractivity (Wildman–Crippen MR) is 141 cm³/mol. The summed E-state index contributed by atoms with van der Waals surface area (Å²) in [6, 6.07) is 3.65. The van der Waals surface area contributed by atoms with Crippen molar-refractivity contribution < 1.29 is 18.7 Å². The molecule has 4 aromatic heterocycles. The third-order valence-corrected chi connectivity index (χ3v) is 8.82. The first kappa shape index (κ1) is 24.0. The topological polar surface area (TPSA) is 94.3 Å². The molecule has 10 heteroatoms. The molecule has 4 heterocycles. The van der Waals surface area contributed by atoms with Crippen molar-refractivity contribution in [2.45, 2.75) is 51.5 Å². The molecular formula is C25H25N3O4S3. The fourth-order valence-corrected chi connectivity index (χ4v) is 7.47. The highest BCUT2D eigenvalue weighted by Gasteiger charge is 2.25. The van der Waals surface area contributed by atoms with Gasteiger partial charge in [-0.15, -0.1) is 22.7 Å². The zero-order valence-corrected chi connectivity index (χ0v) is 22.2. The van der Waals surface area contributed by atoms with E-state index in [-0.39, 0.29) is 18.3 Å². The lowest BCUT2D eigenvalue weighted by Crippen LogP contribution is -2.16. The van der Waals surface area contributed by atoms with Crippen LogP contribution in [0.15, 0.2) is 27.0 Å². The summed E-state index contributed by atoms with van der Waals surface area (Å²) >= 11 is 4.45. The van der Waals surface area contributed by atoms with Crippen molar-refractivity contribution in [1.29, 1.82) is 0 Å². The van der Waals surface area contributed by atoms with Gasteiger partial charge in [-0.2, -0.15) is 0 Å². The van der Waals surface area contributed by atoms with Crippen molar-refractivity contribution in [2.24, 2.45) is 0 Å². The molecule has 0 aromatic carbocycles. The fraction of sp³-hybridized carbons (Fsp3) is 0.360. The molecule has 0 atom stereocenters. The van der Waals surface area contributed by atoms with E-state index in [1.807, 2.05) is 31.4 Å². The average molecular weight is 528 g/mol. The van der Waals surface area contributed by atoms with Crippen molar-refractivity contribution >= 4 is 61.5 Å². The van der Waals surface area contributed by atoms with Gasteiger partial charge in [0.1, 0.15) is 37.8 Å². The highest BCUT2D eigenvalue weighted by Crippen LogP contribution is 2.40. The number of hydrogen-bond acceptors (Lipinski definition) is 9. The highest BCUT2D eigenvalue weighted by atomic mass is 32.2. The SMILES string of the molecule is CCOC(=O)c1c(-c2ccc(C)o2)csc1NC(=O)CSc1nc(C)nc2sc3c(c12)CCCC3. The molecule has 1 N–H and O–H groups in total. The molecular weight excluding hydrogens is 502 g/mol. The number of rotatable bonds is 7. The van der Waals surface area contributed by atoms with E-state index in [0.29, 0.717) is 27.7 Å². The lowest BCUT2D eigenvalue weighted by molar-refractivity contribution is -0.113. The lowest BCUT2D eigenvalue weighted by atomic mass is 9.97. The Bertz CT molecular complexity index is 1420. The molecule has 0 unspecified atom stereocenters. The molecule has 0 spiro atoms. The molecule has 0 saturated heterocycles. The van der Waals surface area contributed by atoms with Gasteiger partial charge in [-0.1, -0.05) is 11.8 Å². The number of thiophene rings is 2. The quantitative estimate of drug-likeness (QED) is 0.168. The maximum absolute atomic E-state index is 13.0. The lowest BCUT2D eigenvalue weighted by Gasteiger charge is -2.12. The van der Waals surface area contributed by atoms with E-state index in [2.05, 4.69) is 15.3 Å². The third-order valence-electron chi connectivity index (χ3n) is 5.76. The Labute approximate surface area is 215 Å². The van der Waals surface area contributed by atoms with Crippen LogP contribution in [0.1, 0.15) is 52.1 Å². The number of hydrogen-bond donors (Lipinski definition) is 1. The molecule has 5 rings (SSSR count). The van der Waals surface area contributed by atoms with Crippen molar-refractivity contribution in [3.05, 3.63) is 45.1 Å². The number of esters is 1. The van der Waals surface area contributed by atoms with Gasteiger partial charge in [0.05, 0.1) is 12.4 Å². The Morgan fingerprint density at radius 1 is 1.20 bits per heavy atom. The largest absolute Gasteiger partial charge is 0.462 e. The molecule has 1 amide bonds. The first-order valence-electron chi connectivity index (χ1n) is 11.5. The summed E-state index contributed by atoms with van der Waals surface area (Å²) in [5.74, 6) is 1.49. The fourth-order valence-electron chi connectivity index (χ4n) is 4.24. The number of furan rings is 1. The van der Waals surface area contributed by atoms with Gasteiger partial charge in [-0.05, 0) is 64.2 Å². The summed E-state index contributed by atoms with van der Waals surface area (Å²) < 4.78 is 11.0. The van der Waals surface area contributed by atoms with Gasteiger partial charge in [0.15, 0.2) is 0 Å². The predicted octanol–water partition coefficient (Wildman–Crippen LogP) is 6.42. The van der Waals surface area contributed by atoms with Crippen LogP contribution in [0.4, 0.5) is 5.00 Å². The number of carbonyl (C=O) groups is 2. The second-order valence-corrected chi connectivity index (χ2v) is 11.2. The van der Waals surface area contributed by atoms with Crippen molar-refractivity contribution in [1.82, 2.24) is 9.97 Å². The van der Waals surface area contributed by atoms with E-state index >= 15 is 0 Å². The first-order valence-corrected chi connectivity index (χ1v) is 14.2. The number of aryl methyl sites for hydroxylation is 4. The summed E-state index contributed by atoms with van der Waals surface area (Å²) in [4.78, 5) is 37.5. The Morgan fingerprint density at radius 3 is 2.80 bits per heavy atom. The van der Waals surface area contributed by atoms with Gasteiger partial charge in [0.2, 0.25) is 5.91 Å². The van der Waals surface area contributed by atoms with E-state index in [4.69, 9.17) is 9.15 Å². The van der Waals surface area contributed by atoms with E-state index in [1.165, 1.54) is 46.4 Å². The summed E-state index contributed by atoms with van der Waals surface area (Å²) in [7, 11) is 0. The molecule has 0 radical (unpaired) electrons. The monoisotopic (exact) mass is 527 g/mol. The third kappa shape index (κ3) is 4.87. The summed E-state index contributed by atoms with van der Waals surface area (Å²) in [5.41, 5.74) is 2.28. The van der Waals surface area contributed by atoms with Gasteiger partial charge in [0, 0.05) is 21.2 Å². The van der Waals surface area contributed by atoms with Crippen LogP contribution < -0.4 is 5.32 Å². The molecule has 4 aromatic rings. The Hall–Kier alpha value is -2.69. The maximum atomic E-state index is 13.0. The number of amides is 1. The Morgan fingerprint density at radius 2 is 2.03 bits per heavy atom. The van der Waals surface area contributed by atoms with Crippen LogP contribution in [0.2, 0.25) is 0 Å². The van der Waals surface area contributed by atoms with E-state index in [1.54, 1.807) is 18.3 Å². The van der Waals surface area contributed by atoms with Crippen molar-refractivity contribution in [3.63, 3.8) is 0 Å². The number of nitrogens with zero attached hydrogens (tertiary/aromatic N) is 2. The van der Waals surface area contributed by atoms with Crippen LogP contribution in [0, 0.1) is 13.8 Å². The minimum atomic E-state index is -0.487. The molecule has 0 saturated carbocycles. The molecule has 1 aliphatic carbocycles. The van der Waals surface area contributed by atoms with Crippen LogP contribution in [0.3, 0.4) is 0 Å². The van der Waals surface area contributed by atoms with Crippen LogP contribution in [0.25, 0.3) is 21.5 Å². The van der Waals surface area contributed by atoms with Gasteiger partial charge in [0.25, 0.3) is 0 Å².